The first-order valence-corrected chi connectivity index (χ1v) is 25.0. The van der Waals surface area contributed by atoms with Crippen LogP contribution in [-0.4, -0.2) is 15.0 Å². The number of hydrogen-bond donors (Lipinski definition) is 0. The van der Waals surface area contributed by atoms with E-state index in [0.717, 1.165) is 66.8 Å². The van der Waals surface area contributed by atoms with Gasteiger partial charge in [0.15, 0.2) is 17.5 Å². The molecule has 0 saturated carbocycles. The van der Waals surface area contributed by atoms with Crippen LogP contribution in [0.3, 0.4) is 0 Å². The monoisotopic (exact) mass is 938 g/mol. The third kappa shape index (κ3) is 7.18. The van der Waals surface area contributed by atoms with E-state index in [1.54, 1.807) is 0 Å². The summed E-state index contributed by atoms with van der Waals surface area (Å²) in [5.41, 5.74) is 19.0. The van der Waals surface area contributed by atoms with E-state index in [9.17, 15) is 5.26 Å². The molecule has 0 bridgehead atoms. The van der Waals surface area contributed by atoms with Gasteiger partial charge in [0.25, 0.3) is 0 Å². The van der Waals surface area contributed by atoms with Crippen molar-refractivity contribution < 1.29 is 0 Å². The minimum atomic E-state index is 0.590. The van der Waals surface area contributed by atoms with Gasteiger partial charge in [-0.2, -0.15) is 5.26 Å². The predicted molar refractivity (Wildman–Crippen MR) is 305 cm³/mol. The van der Waals surface area contributed by atoms with Crippen molar-refractivity contribution in [3.8, 4) is 118 Å². The molecule has 0 spiro atoms. The number of benzene rings is 12. The third-order valence-corrected chi connectivity index (χ3v) is 14.7. The third-order valence-electron chi connectivity index (χ3n) is 14.7. The van der Waals surface area contributed by atoms with Gasteiger partial charge in [0, 0.05) is 22.3 Å². The second-order valence-electron chi connectivity index (χ2n) is 18.9. The first-order valence-electron chi connectivity index (χ1n) is 25.0. The molecule has 0 radical (unpaired) electrons. The molecule has 0 atom stereocenters. The highest BCUT2D eigenvalue weighted by atomic mass is 15.0. The number of aromatic nitrogens is 3. The highest BCUT2D eigenvalue weighted by molar-refractivity contribution is 6.19. The van der Waals surface area contributed by atoms with Crippen LogP contribution in [0.4, 0.5) is 0 Å². The second-order valence-corrected chi connectivity index (χ2v) is 18.9. The highest BCUT2D eigenvalue weighted by Crippen LogP contribution is 2.51. The largest absolute Gasteiger partial charge is 0.208 e. The number of rotatable bonds is 8. The summed E-state index contributed by atoms with van der Waals surface area (Å²) in [6.07, 6.45) is 0. The first kappa shape index (κ1) is 42.8. The Morgan fingerprint density at radius 3 is 1.46 bits per heavy atom. The molecule has 1 heterocycles. The normalized spacial score (nSPS) is 11.5. The summed E-state index contributed by atoms with van der Waals surface area (Å²) in [6, 6.07) is 92.3. The van der Waals surface area contributed by atoms with Crippen LogP contribution in [0.25, 0.3) is 144 Å². The van der Waals surface area contributed by atoms with Gasteiger partial charge in [-0.05, 0) is 129 Å². The molecule has 13 aromatic rings. The Hall–Kier alpha value is -10.1. The lowest BCUT2D eigenvalue weighted by atomic mass is 9.85. The van der Waals surface area contributed by atoms with E-state index in [2.05, 4.69) is 218 Å². The van der Waals surface area contributed by atoms with Gasteiger partial charge >= 0.3 is 0 Å². The summed E-state index contributed by atoms with van der Waals surface area (Å²) in [4.78, 5) is 15.4. The Balaban J connectivity index is 0.832. The van der Waals surface area contributed by atoms with Crippen LogP contribution in [0.15, 0.2) is 255 Å². The lowest BCUT2D eigenvalue weighted by Crippen LogP contribution is -2.00. The van der Waals surface area contributed by atoms with Gasteiger partial charge in [-0.15, -0.1) is 0 Å². The Morgan fingerprint density at radius 2 is 0.716 bits per heavy atom. The summed E-state index contributed by atoms with van der Waals surface area (Å²) >= 11 is 0. The van der Waals surface area contributed by atoms with Gasteiger partial charge < -0.3 is 0 Å². The maximum absolute atomic E-state index is 10.7. The fourth-order valence-electron chi connectivity index (χ4n) is 11.3. The van der Waals surface area contributed by atoms with Gasteiger partial charge in [0.2, 0.25) is 0 Å². The fourth-order valence-corrected chi connectivity index (χ4v) is 11.3. The van der Waals surface area contributed by atoms with E-state index >= 15 is 0 Å². The van der Waals surface area contributed by atoms with E-state index in [1.807, 2.05) is 42.5 Å². The maximum atomic E-state index is 10.7. The Kier molecular flexibility index (Phi) is 10.2. The van der Waals surface area contributed by atoms with Gasteiger partial charge in [0.05, 0.1) is 11.6 Å². The molecule has 4 nitrogen and oxygen atoms in total. The van der Waals surface area contributed by atoms with Crippen molar-refractivity contribution in [1.29, 1.82) is 5.26 Å². The minimum Gasteiger partial charge on any atom is -0.208 e. The SMILES string of the molecule is N#Cc1cccc(-c2ccccc2-c2ccc3c4c(cccc24)-c2ccccc2-3)c1-c1cccc(-c2ccc(-c3nc(-c4ccccc4)nc(-c4cccc(-c5cc6ccccc6c6ccccc56)c4)n3)cc2)c1. The predicted octanol–water partition coefficient (Wildman–Crippen LogP) is 18.2. The molecular formula is C70H42N4. The van der Waals surface area contributed by atoms with E-state index in [1.165, 1.54) is 60.1 Å². The van der Waals surface area contributed by atoms with Crippen LogP contribution in [0, 0.1) is 11.3 Å². The van der Waals surface area contributed by atoms with Crippen molar-refractivity contribution >= 4 is 32.3 Å². The van der Waals surface area contributed by atoms with Crippen molar-refractivity contribution in [3.05, 3.63) is 260 Å². The smallest absolute Gasteiger partial charge is 0.164 e. The van der Waals surface area contributed by atoms with Crippen LogP contribution in [-0.2, 0) is 0 Å². The average molecular weight is 939 g/mol. The molecule has 0 unspecified atom stereocenters. The van der Waals surface area contributed by atoms with Crippen LogP contribution < -0.4 is 0 Å². The zero-order valence-corrected chi connectivity index (χ0v) is 40.0. The van der Waals surface area contributed by atoms with Crippen molar-refractivity contribution in [2.24, 2.45) is 0 Å². The lowest BCUT2D eigenvalue weighted by molar-refractivity contribution is 1.07. The van der Waals surface area contributed by atoms with Gasteiger partial charge in [0.1, 0.15) is 0 Å². The summed E-state index contributed by atoms with van der Waals surface area (Å²) in [5, 5.41) is 18.1. The molecule has 12 aromatic carbocycles. The molecule has 0 saturated heterocycles. The summed E-state index contributed by atoms with van der Waals surface area (Å²) < 4.78 is 0. The lowest BCUT2D eigenvalue weighted by Gasteiger charge is -2.18. The molecule has 0 amide bonds. The van der Waals surface area contributed by atoms with Crippen LogP contribution in [0.5, 0.6) is 0 Å². The fraction of sp³-hybridized carbons (Fsp3) is 0. The molecule has 0 aliphatic heterocycles. The number of hydrogen-bond acceptors (Lipinski definition) is 4. The number of fused-ring (bicyclic) bond motifs is 6. The molecule has 0 fully saturated rings. The Morgan fingerprint density at radius 1 is 0.257 bits per heavy atom. The quantitative estimate of drug-likeness (QED) is 0.142. The zero-order valence-electron chi connectivity index (χ0n) is 40.0. The molecule has 1 aliphatic rings. The van der Waals surface area contributed by atoms with Crippen LogP contribution in [0.1, 0.15) is 5.56 Å². The maximum Gasteiger partial charge on any atom is 0.164 e. The molecule has 1 aliphatic carbocycles. The van der Waals surface area contributed by atoms with Gasteiger partial charge in [-0.25, -0.2) is 15.0 Å². The summed E-state index contributed by atoms with van der Waals surface area (Å²) in [6.45, 7) is 0. The minimum absolute atomic E-state index is 0.590. The van der Waals surface area contributed by atoms with E-state index in [0.29, 0.717) is 23.0 Å². The summed E-state index contributed by atoms with van der Waals surface area (Å²) in [7, 11) is 0. The average Bonchev–Trinajstić information content (AvgIpc) is 3.81. The Labute approximate surface area is 428 Å². The standard InChI is InChI=1S/C70H42N4/c71-43-52-23-14-31-61(56-27-8-7-26-55(56)60-38-39-64-58-29-10-9-28-57(58)62-32-15-33-63(60)67(62)64)66(52)50-21-12-19-47(40-50)44-34-36-46(37-35-44)69-72-68(45-16-2-1-3-17-45)73-70(74-69)51-22-13-20-48(41-51)65-42-49-18-4-5-24-53(49)54-25-6-11-30-59(54)65/h1-42H. The van der Waals surface area contributed by atoms with E-state index < -0.39 is 0 Å². The van der Waals surface area contributed by atoms with Crippen molar-refractivity contribution in [3.63, 3.8) is 0 Å². The topological polar surface area (TPSA) is 62.5 Å². The van der Waals surface area contributed by atoms with E-state index in [-0.39, 0.29) is 0 Å². The molecule has 0 N–H and O–H groups in total. The number of nitrogens with zero attached hydrogens (tertiary/aromatic N) is 4. The zero-order chi connectivity index (χ0) is 49.1. The van der Waals surface area contributed by atoms with Crippen LogP contribution >= 0.6 is 0 Å². The Bertz CT molecular complexity index is 4400. The van der Waals surface area contributed by atoms with E-state index in [4.69, 9.17) is 15.0 Å². The number of nitriles is 1. The highest BCUT2D eigenvalue weighted by Gasteiger charge is 2.24. The molecule has 74 heavy (non-hydrogen) atoms. The second kappa shape index (κ2) is 17.6. The van der Waals surface area contributed by atoms with Crippen molar-refractivity contribution in [2.75, 3.05) is 0 Å². The van der Waals surface area contributed by atoms with Gasteiger partial charge in [-0.3, -0.25) is 0 Å². The molecule has 4 heteroatoms. The summed E-state index contributed by atoms with van der Waals surface area (Å²) in [5.74, 6) is 1.80. The first-order chi connectivity index (χ1) is 36.6. The van der Waals surface area contributed by atoms with Crippen molar-refractivity contribution in [1.82, 2.24) is 15.0 Å². The van der Waals surface area contributed by atoms with Crippen LogP contribution in [0.2, 0.25) is 0 Å². The molecule has 14 rings (SSSR count). The van der Waals surface area contributed by atoms with Gasteiger partial charge in [-0.1, -0.05) is 231 Å². The van der Waals surface area contributed by atoms with Crippen molar-refractivity contribution in [2.45, 2.75) is 0 Å². The molecule has 342 valence electrons. The molecular weight excluding hydrogens is 897 g/mol. The molecule has 1 aromatic heterocycles.